The summed E-state index contributed by atoms with van der Waals surface area (Å²) >= 11 is 0. The third-order valence-electron chi connectivity index (χ3n) is 1.31. The van der Waals surface area contributed by atoms with E-state index in [1.54, 1.807) is 13.0 Å². The molecule has 1 atom stereocenters. The van der Waals surface area contributed by atoms with Gasteiger partial charge in [0.15, 0.2) is 5.78 Å². The second kappa shape index (κ2) is 4.66. The van der Waals surface area contributed by atoms with E-state index in [1.807, 2.05) is 0 Å². The highest BCUT2D eigenvalue weighted by Crippen LogP contribution is 2.00. The van der Waals surface area contributed by atoms with Crippen LogP contribution in [0.5, 0.6) is 0 Å². The van der Waals surface area contributed by atoms with Crippen LogP contribution in [0.3, 0.4) is 0 Å². The molecule has 0 heterocycles. The van der Waals surface area contributed by atoms with Crippen molar-refractivity contribution < 1.29 is 14.3 Å². The highest BCUT2D eigenvalue weighted by Gasteiger charge is 2.18. The maximum absolute atomic E-state index is 11.0. The Balaban J connectivity index is 4.13. The van der Waals surface area contributed by atoms with Crippen molar-refractivity contribution >= 4 is 11.8 Å². The van der Waals surface area contributed by atoms with Crippen molar-refractivity contribution in [3.05, 3.63) is 12.2 Å². The summed E-state index contributed by atoms with van der Waals surface area (Å²) in [4.78, 5) is 21.7. The van der Waals surface area contributed by atoms with Crippen molar-refractivity contribution in [2.45, 2.75) is 13.8 Å². The van der Waals surface area contributed by atoms with Crippen LogP contribution in [0.2, 0.25) is 0 Å². The average Bonchev–Trinajstić information content (AvgIpc) is 2.02. The lowest BCUT2D eigenvalue weighted by Gasteiger charge is -2.03. The van der Waals surface area contributed by atoms with Crippen LogP contribution >= 0.6 is 0 Å². The van der Waals surface area contributed by atoms with Crippen molar-refractivity contribution in [2.24, 2.45) is 5.92 Å². The number of rotatable bonds is 3. The lowest BCUT2D eigenvalue weighted by Crippen LogP contribution is -2.20. The molecule has 0 N–H and O–H groups in total. The third kappa shape index (κ3) is 2.98. The quantitative estimate of drug-likeness (QED) is 0.347. The minimum Gasteiger partial charge on any atom is -0.468 e. The first-order chi connectivity index (χ1) is 5.13. The Morgan fingerprint density at radius 2 is 2.00 bits per heavy atom. The SMILES string of the molecule is C/C=C/C(=O)C(C)C(=O)OC. The zero-order valence-electron chi connectivity index (χ0n) is 6.96. The maximum atomic E-state index is 11.0. The van der Waals surface area contributed by atoms with Crippen molar-refractivity contribution in [1.82, 2.24) is 0 Å². The molecule has 3 heteroatoms. The van der Waals surface area contributed by atoms with Crippen molar-refractivity contribution in [2.75, 3.05) is 7.11 Å². The van der Waals surface area contributed by atoms with Crippen molar-refractivity contribution in [3.8, 4) is 0 Å². The normalized spacial score (nSPS) is 13.0. The van der Waals surface area contributed by atoms with Gasteiger partial charge in [0, 0.05) is 0 Å². The second-order valence-corrected chi connectivity index (χ2v) is 2.15. The van der Waals surface area contributed by atoms with Crippen LogP contribution in [0.15, 0.2) is 12.2 Å². The monoisotopic (exact) mass is 156 g/mol. The third-order valence-corrected chi connectivity index (χ3v) is 1.31. The first-order valence-corrected chi connectivity index (χ1v) is 3.37. The second-order valence-electron chi connectivity index (χ2n) is 2.15. The van der Waals surface area contributed by atoms with Gasteiger partial charge in [-0.1, -0.05) is 6.08 Å². The van der Waals surface area contributed by atoms with Crippen LogP contribution in [-0.2, 0) is 14.3 Å². The summed E-state index contributed by atoms with van der Waals surface area (Å²) < 4.78 is 4.39. The summed E-state index contributed by atoms with van der Waals surface area (Å²) in [7, 11) is 1.27. The van der Waals surface area contributed by atoms with Crippen LogP contribution in [0.4, 0.5) is 0 Å². The van der Waals surface area contributed by atoms with Gasteiger partial charge >= 0.3 is 5.97 Å². The Morgan fingerprint density at radius 1 is 1.45 bits per heavy atom. The molecule has 0 aromatic rings. The van der Waals surface area contributed by atoms with Gasteiger partial charge in [-0.15, -0.1) is 0 Å². The summed E-state index contributed by atoms with van der Waals surface area (Å²) in [6.45, 7) is 3.25. The molecule has 62 valence electrons. The minimum absolute atomic E-state index is 0.223. The topological polar surface area (TPSA) is 43.4 Å². The molecule has 0 saturated carbocycles. The Morgan fingerprint density at radius 3 is 2.36 bits per heavy atom. The highest BCUT2D eigenvalue weighted by atomic mass is 16.5. The van der Waals surface area contributed by atoms with E-state index in [1.165, 1.54) is 20.1 Å². The Labute approximate surface area is 66.0 Å². The molecule has 0 spiro atoms. The van der Waals surface area contributed by atoms with Gasteiger partial charge in [0.1, 0.15) is 5.92 Å². The summed E-state index contributed by atoms with van der Waals surface area (Å²) in [5, 5.41) is 0. The zero-order chi connectivity index (χ0) is 8.85. The van der Waals surface area contributed by atoms with E-state index in [-0.39, 0.29) is 5.78 Å². The molecule has 0 amide bonds. The Bertz CT molecular complexity index is 182. The Kier molecular flexibility index (Phi) is 4.18. The average molecular weight is 156 g/mol. The fourth-order valence-corrected chi connectivity index (χ4v) is 0.602. The molecular formula is C8H12O3. The molecule has 0 aliphatic heterocycles. The number of ketones is 1. The van der Waals surface area contributed by atoms with Gasteiger partial charge in [-0.3, -0.25) is 9.59 Å². The van der Waals surface area contributed by atoms with Crippen LogP contribution in [0, 0.1) is 5.92 Å². The first-order valence-electron chi connectivity index (χ1n) is 3.37. The largest absolute Gasteiger partial charge is 0.468 e. The standard InChI is InChI=1S/C8H12O3/c1-4-5-7(9)6(2)8(10)11-3/h4-6H,1-3H3/b5-4+. The number of hydrogen-bond acceptors (Lipinski definition) is 3. The van der Waals surface area contributed by atoms with E-state index in [9.17, 15) is 9.59 Å². The zero-order valence-corrected chi connectivity index (χ0v) is 6.96. The van der Waals surface area contributed by atoms with Gasteiger partial charge in [0.25, 0.3) is 0 Å². The van der Waals surface area contributed by atoms with Gasteiger partial charge in [0.2, 0.25) is 0 Å². The van der Waals surface area contributed by atoms with Gasteiger partial charge in [-0.25, -0.2) is 0 Å². The van der Waals surface area contributed by atoms with Crippen molar-refractivity contribution in [1.29, 1.82) is 0 Å². The molecule has 0 fully saturated rings. The molecule has 0 aliphatic rings. The van der Waals surface area contributed by atoms with Crippen LogP contribution in [0.1, 0.15) is 13.8 Å². The number of methoxy groups -OCH3 is 1. The fourth-order valence-electron chi connectivity index (χ4n) is 0.602. The number of hydrogen-bond donors (Lipinski definition) is 0. The smallest absolute Gasteiger partial charge is 0.316 e. The first kappa shape index (κ1) is 9.88. The molecule has 0 aromatic carbocycles. The number of allylic oxidation sites excluding steroid dienone is 2. The number of carbonyl (C=O) groups is 2. The van der Waals surface area contributed by atoms with Gasteiger partial charge in [0.05, 0.1) is 7.11 Å². The molecule has 11 heavy (non-hydrogen) atoms. The lowest BCUT2D eigenvalue weighted by atomic mass is 10.1. The number of carbonyl (C=O) groups excluding carboxylic acids is 2. The highest BCUT2D eigenvalue weighted by molar-refractivity contribution is 6.04. The molecule has 0 radical (unpaired) electrons. The maximum Gasteiger partial charge on any atom is 0.316 e. The number of ether oxygens (including phenoxy) is 1. The van der Waals surface area contributed by atoms with E-state index in [4.69, 9.17) is 0 Å². The van der Waals surface area contributed by atoms with E-state index in [0.29, 0.717) is 0 Å². The predicted molar refractivity (Wildman–Crippen MR) is 41.0 cm³/mol. The summed E-state index contributed by atoms with van der Waals surface area (Å²) in [6.07, 6.45) is 2.96. The lowest BCUT2D eigenvalue weighted by molar-refractivity contribution is -0.147. The van der Waals surface area contributed by atoms with Crippen LogP contribution < -0.4 is 0 Å². The molecule has 0 aromatic heterocycles. The molecule has 0 bridgehead atoms. The van der Waals surface area contributed by atoms with Gasteiger partial charge in [-0.2, -0.15) is 0 Å². The van der Waals surface area contributed by atoms with Crippen LogP contribution in [0.25, 0.3) is 0 Å². The van der Waals surface area contributed by atoms with Crippen molar-refractivity contribution in [3.63, 3.8) is 0 Å². The van der Waals surface area contributed by atoms with Crippen LogP contribution in [-0.4, -0.2) is 18.9 Å². The summed E-state index contributed by atoms with van der Waals surface area (Å²) in [5.74, 6) is -1.40. The minimum atomic E-state index is -0.684. The van der Waals surface area contributed by atoms with E-state index >= 15 is 0 Å². The van der Waals surface area contributed by atoms with E-state index in [0.717, 1.165) is 0 Å². The molecular weight excluding hydrogens is 144 g/mol. The van der Waals surface area contributed by atoms with E-state index in [2.05, 4.69) is 4.74 Å². The molecule has 0 aliphatic carbocycles. The molecule has 0 rings (SSSR count). The summed E-state index contributed by atoms with van der Waals surface area (Å²) in [6, 6.07) is 0. The molecule has 3 nitrogen and oxygen atoms in total. The number of esters is 1. The van der Waals surface area contributed by atoms with Gasteiger partial charge < -0.3 is 4.74 Å². The Hall–Kier alpha value is -1.12. The van der Waals surface area contributed by atoms with E-state index < -0.39 is 11.9 Å². The van der Waals surface area contributed by atoms with Gasteiger partial charge in [-0.05, 0) is 19.9 Å². The predicted octanol–water partition coefficient (Wildman–Crippen LogP) is 0.941. The molecule has 0 saturated heterocycles. The summed E-state index contributed by atoms with van der Waals surface area (Å²) in [5.41, 5.74) is 0. The molecule has 1 unspecified atom stereocenters. The fraction of sp³-hybridized carbons (Fsp3) is 0.500.